The van der Waals surface area contributed by atoms with Crippen molar-refractivity contribution in [3.05, 3.63) is 54.2 Å². The average Bonchev–Trinajstić information content (AvgIpc) is 2.98. The maximum absolute atomic E-state index is 11.8. The van der Waals surface area contributed by atoms with E-state index in [-0.39, 0.29) is 11.9 Å². The van der Waals surface area contributed by atoms with Gasteiger partial charge in [-0.15, -0.1) is 0 Å². The fourth-order valence-corrected chi connectivity index (χ4v) is 2.92. The number of likely N-dealkylation sites (tertiary alicyclic amines) is 1. The molecule has 2 aromatic rings. The molecule has 4 nitrogen and oxygen atoms in total. The van der Waals surface area contributed by atoms with Gasteiger partial charge in [-0.25, -0.2) is 4.98 Å². The number of hydrogen-bond donors (Lipinski definition) is 1. The first-order valence-corrected chi connectivity index (χ1v) is 7.30. The smallest absolute Gasteiger partial charge is 0.219 e. The summed E-state index contributed by atoms with van der Waals surface area (Å²) < 4.78 is 0. The van der Waals surface area contributed by atoms with Crippen LogP contribution in [0.2, 0.25) is 0 Å². The Morgan fingerprint density at radius 2 is 2.05 bits per heavy atom. The van der Waals surface area contributed by atoms with Crippen LogP contribution >= 0.6 is 0 Å². The van der Waals surface area contributed by atoms with E-state index in [2.05, 4.69) is 16.4 Å². The van der Waals surface area contributed by atoms with Gasteiger partial charge >= 0.3 is 0 Å². The molecule has 1 fully saturated rings. The first kappa shape index (κ1) is 13.6. The van der Waals surface area contributed by atoms with E-state index < -0.39 is 0 Å². The SMILES string of the molecule is CC(=O)N1CCC[C@H]1c1cccnc1Nc1ccccc1. The van der Waals surface area contributed by atoms with Crippen LogP contribution in [-0.4, -0.2) is 22.3 Å². The maximum Gasteiger partial charge on any atom is 0.219 e. The number of amides is 1. The Kier molecular flexibility index (Phi) is 3.86. The van der Waals surface area contributed by atoms with E-state index >= 15 is 0 Å². The van der Waals surface area contributed by atoms with Crippen LogP contribution in [0.4, 0.5) is 11.5 Å². The Balaban J connectivity index is 1.91. The van der Waals surface area contributed by atoms with Crippen LogP contribution in [0.5, 0.6) is 0 Å². The lowest BCUT2D eigenvalue weighted by molar-refractivity contribution is -0.129. The van der Waals surface area contributed by atoms with Crippen LogP contribution in [0.3, 0.4) is 0 Å². The van der Waals surface area contributed by atoms with Crippen molar-refractivity contribution in [2.45, 2.75) is 25.8 Å². The van der Waals surface area contributed by atoms with Gasteiger partial charge in [0.1, 0.15) is 5.82 Å². The highest BCUT2D eigenvalue weighted by Gasteiger charge is 2.29. The molecule has 1 aromatic carbocycles. The number of nitrogens with one attached hydrogen (secondary N) is 1. The Hall–Kier alpha value is -2.36. The second-order valence-corrected chi connectivity index (χ2v) is 5.30. The minimum Gasteiger partial charge on any atom is -0.340 e. The fraction of sp³-hybridized carbons (Fsp3) is 0.294. The van der Waals surface area contributed by atoms with Gasteiger partial charge in [0.05, 0.1) is 6.04 Å². The molecule has 0 saturated carbocycles. The largest absolute Gasteiger partial charge is 0.340 e. The average molecular weight is 281 g/mol. The number of nitrogens with zero attached hydrogens (tertiary/aromatic N) is 2. The summed E-state index contributed by atoms with van der Waals surface area (Å²) in [5.74, 6) is 0.967. The van der Waals surface area contributed by atoms with E-state index in [1.165, 1.54) is 0 Å². The monoisotopic (exact) mass is 281 g/mol. The summed E-state index contributed by atoms with van der Waals surface area (Å²) in [5, 5.41) is 3.36. The van der Waals surface area contributed by atoms with Gasteiger partial charge in [0.2, 0.25) is 5.91 Å². The molecule has 0 unspecified atom stereocenters. The summed E-state index contributed by atoms with van der Waals surface area (Å²) in [4.78, 5) is 18.2. The van der Waals surface area contributed by atoms with Crippen molar-refractivity contribution >= 4 is 17.4 Å². The molecule has 1 amide bonds. The molecule has 0 aliphatic carbocycles. The number of para-hydroxylation sites is 1. The van der Waals surface area contributed by atoms with Gasteiger partial charge < -0.3 is 10.2 Å². The molecule has 3 rings (SSSR count). The summed E-state index contributed by atoms with van der Waals surface area (Å²) >= 11 is 0. The number of benzene rings is 1. The molecular formula is C17H19N3O. The third kappa shape index (κ3) is 2.89. The topological polar surface area (TPSA) is 45.2 Å². The Bertz CT molecular complexity index is 627. The van der Waals surface area contributed by atoms with Crippen LogP contribution in [0.25, 0.3) is 0 Å². The van der Waals surface area contributed by atoms with E-state index in [1.54, 1.807) is 13.1 Å². The van der Waals surface area contributed by atoms with Crippen LogP contribution in [-0.2, 0) is 4.79 Å². The Morgan fingerprint density at radius 1 is 1.24 bits per heavy atom. The minimum absolute atomic E-state index is 0.127. The number of anilines is 2. The summed E-state index contributed by atoms with van der Waals surface area (Å²) in [7, 11) is 0. The first-order valence-electron chi connectivity index (χ1n) is 7.30. The van der Waals surface area contributed by atoms with Crippen molar-refractivity contribution in [2.24, 2.45) is 0 Å². The van der Waals surface area contributed by atoms with Crippen LogP contribution < -0.4 is 5.32 Å². The molecule has 1 aliphatic rings. The van der Waals surface area contributed by atoms with Gasteiger partial charge in [-0.1, -0.05) is 24.3 Å². The molecule has 1 atom stereocenters. The van der Waals surface area contributed by atoms with E-state index in [4.69, 9.17) is 0 Å². The van der Waals surface area contributed by atoms with Crippen molar-refractivity contribution < 1.29 is 4.79 Å². The lowest BCUT2D eigenvalue weighted by Crippen LogP contribution is -2.28. The van der Waals surface area contributed by atoms with Gasteiger partial charge in [0.25, 0.3) is 0 Å². The zero-order valence-electron chi connectivity index (χ0n) is 12.1. The van der Waals surface area contributed by atoms with Gasteiger partial charge in [-0.3, -0.25) is 4.79 Å². The number of aromatic nitrogens is 1. The third-order valence-corrected chi connectivity index (χ3v) is 3.89. The van der Waals surface area contributed by atoms with Crippen LogP contribution in [0, 0.1) is 0 Å². The minimum atomic E-state index is 0.127. The van der Waals surface area contributed by atoms with E-state index in [0.29, 0.717) is 0 Å². The van der Waals surface area contributed by atoms with E-state index in [0.717, 1.165) is 36.5 Å². The van der Waals surface area contributed by atoms with Gasteiger partial charge in [-0.2, -0.15) is 0 Å². The first-order chi connectivity index (χ1) is 10.3. The molecule has 0 radical (unpaired) electrons. The second kappa shape index (κ2) is 5.95. The van der Waals surface area contributed by atoms with E-state index in [9.17, 15) is 4.79 Å². The molecule has 108 valence electrons. The molecule has 0 bridgehead atoms. The molecule has 1 aromatic heterocycles. The highest BCUT2D eigenvalue weighted by atomic mass is 16.2. The maximum atomic E-state index is 11.8. The van der Waals surface area contributed by atoms with Crippen molar-refractivity contribution in [2.75, 3.05) is 11.9 Å². The van der Waals surface area contributed by atoms with Gasteiger partial charge in [0.15, 0.2) is 0 Å². The molecule has 0 spiro atoms. The lowest BCUT2D eigenvalue weighted by Gasteiger charge is -2.25. The predicted octanol–water partition coefficient (Wildman–Crippen LogP) is 3.51. The van der Waals surface area contributed by atoms with Gasteiger partial charge in [0, 0.05) is 30.9 Å². The number of pyridine rings is 1. The molecule has 1 aliphatic heterocycles. The highest BCUT2D eigenvalue weighted by Crippen LogP contribution is 2.35. The molecule has 4 heteroatoms. The number of carbonyl (C=O) groups excluding carboxylic acids is 1. The quantitative estimate of drug-likeness (QED) is 0.936. The predicted molar refractivity (Wildman–Crippen MR) is 83.3 cm³/mol. The summed E-state index contributed by atoms with van der Waals surface area (Å²) in [6, 6.07) is 14.1. The number of hydrogen-bond acceptors (Lipinski definition) is 3. The van der Waals surface area contributed by atoms with Crippen LogP contribution in [0.1, 0.15) is 31.4 Å². The normalized spacial score (nSPS) is 17.8. The Morgan fingerprint density at radius 3 is 2.81 bits per heavy atom. The molecule has 1 N–H and O–H groups in total. The lowest BCUT2D eigenvalue weighted by atomic mass is 10.1. The Labute approximate surface area is 124 Å². The molecule has 2 heterocycles. The summed E-state index contributed by atoms with van der Waals surface area (Å²) in [6.45, 7) is 2.47. The third-order valence-electron chi connectivity index (χ3n) is 3.89. The van der Waals surface area contributed by atoms with Crippen molar-refractivity contribution in [1.82, 2.24) is 9.88 Å². The van der Waals surface area contributed by atoms with Crippen LogP contribution in [0.15, 0.2) is 48.7 Å². The number of rotatable bonds is 3. The van der Waals surface area contributed by atoms with Gasteiger partial charge in [-0.05, 0) is 31.0 Å². The molecule has 1 saturated heterocycles. The number of carbonyl (C=O) groups is 1. The fourth-order valence-electron chi connectivity index (χ4n) is 2.92. The molecule has 21 heavy (non-hydrogen) atoms. The summed E-state index contributed by atoms with van der Waals surface area (Å²) in [5.41, 5.74) is 2.10. The second-order valence-electron chi connectivity index (χ2n) is 5.30. The highest BCUT2D eigenvalue weighted by molar-refractivity contribution is 5.74. The zero-order valence-corrected chi connectivity index (χ0v) is 12.1. The standard InChI is InChI=1S/C17H19N3O/c1-13(21)20-12-6-10-16(20)15-9-5-11-18-17(15)19-14-7-3-2-4-8-14/h2-5,7-9,11,16H,6,10,12H2,1H3,(H,18,19)/t16-/m0/s1. The molecular weight excluding hydrogens is 262 g/mol. The van der Waals surface area contributed by atoms with E-state index in [1.807, 2.05) is 41.3 Å². The van der Waals surface area contributed by atoms with Crippen molar-refractivity contribution in [3.8, 4) is 0 Å². The zero-order chi connectivity index (χ0) is 14.7. The van der Waals surface area contributed by atoms with Crippen molar-refractivity contribution in [3.63, 3.8) is 0 Å². The summed E-state index contributed by atoms with van der Waals surface area (Å²) in [6.07, 6.45) is 3.82. The van der Waals surface area contributed by atoms with Crippen molar-refractivity contribution in [1.29, 1.82) is 0 Å².